The van der Waals surface area contributed by atoms with E-state index in [-0.39, 0.29) is 6.10 Å². The lowest BCUT2D eigenvalue weighted by Gasteiger charge is -2.09. The molecule has 1 aromatic rings. The van der Waals surface area contributed by atoms with Gasteiger partial charge >= 0.3 is 0 Å². The maximum atomic E-state index is 9.56. The summed E-state index contributed by atoms with van der Waals surface area (Å²) < 4.78 is 0. The third-order valence-corrected chi connectivity index (χ3v) is 2.53. The average molecular weight is 202 g/mol. The quantitative estimate of drug-likeness (QED) is 0.776. The molecule has 0 aliphatic rings. The lowest BCUT2D eigenvalue weighted by atomic mass is 9.99. The molecular weight excluding hydrogens is 184 g/mol. The largest absolute Gasteiger partial charge is 0.393 e. The van der Waals surface area contributed by atoms with Gasteiger partial charge in [0.1, 0.15) is 0 Å². The topological polar surface area (TPSA) is 20.2 Å². The smallest absolute Gasteiger partial charge is 0.0577 e. The first-order chi connectivity index (χ1) is 7.21. The van der Waals surface area contributed by atoms with Crippen LogP contribution in [0.5, 0.6) is 0 Å². The number of rotatable bonds is 5. The van der Waals surface area contributed by atoms with Crippen molar-refractivity contribution in [1.29, 1.82) is 0 Å². The summed E-state index contributed by atoms with van der Waals surface area (Å²) in [5.74, 6) is 0. The number of benzene rings is 1. The molecule has 0 aromatic heterocycles. The highest BCUT2D eigenvalue weighted by atomic mass is 16.3. The molecule has 0 spiro atoms. The van der Waals surface area contributed by atoms with E-state index in [1.165, 1.54) is 0 Å². The summed E-state index contributed by atoms with van der Waals surface area (Å²) in [6.07, 6.45) is 4.87. The minimum atomic E-state index is -0.253. The Morgan fingerprint density at radius 1 is 1.27 bits per heavy atom. The van der Waals surface area contributed by atoms with Gasteiger partial charge in [-0.15, -0.1) is 0 Å². The monoisotopic (exact) mass is 202 g/mol. The second-order valence-corrected chi connectivity index (χ2v) is 3.64. The average Bonchev–Trinajstić information content (AvgIpc) is 2.28. The van der Waals surface area contributed by atoms with Gasteiger partial charge in [0, 0.05) is 0 Å². The van der Waals surface area contributed by atoms with Crippen LogP contribution in [0.2, 0.25) is 0 Å². The molecule has 0 aliphatic heterocycles. The minimum Gasteiger partial charge on any atom is -0.393 e. The van der Waals surface area contributed by atoms with E-state index in [0.717, 1.165) is 23.1 Å². The van der Waals surface area contributed by atoms with Crippen molar-refractivity contribution >= 4 is 12.2 Å². The number of aliphatic hydroxyl groups excluding tert-OH is 1. The Balaban J connectivity index is 2.92. The summed E-state index contributed by atoms with van der Waals surface area (Å²) in [4.78, 5) is 0. The molecule has 0 radical (unpaired) electrons. The van der Waals surface area contributed by atoms with E-state index in [4.69, 9.17) is 0 Å². The van der Waals surface area contributed by atoms with Crippen molar-refractivity contribution in [2.24, 2.45) is 0 Å². The first-order valence-electron chi connectivity index (χ1n) is 5.27. The van der Waals surface area contributed by atoms with Gasteiger partial charge in [0.25, 0.3) is 0 Å². The van der Waals surface area contributed by atoms with E-state index in [1.54, 1.807) is 0 Å². The number of aliphatic hydroxyl groups is 1. The predicted octanol–water partition coefficient (Wildman–Crippen LogP) is 3.29. The molecule has 1 unspecified atom stereocenters. The van der Waals surface area contributed by atoms with Crippen molar-refractivity contribution in [3.05, 3.63) is 48.0 Å². The molecule has 1 atom stereocenters. The van der Waals surface area contributed by atoms with E-state index in [1.807, 2.05) is 31.2 Å². The first kappa shape index (κ1) is 11.7. The van der Waals surface area contributed by atoms with Gasteiger partial charge in [0.05, 0.1) is 6.10 Å². The van der Waals surface area contributed by atoms with E-state index in [2.05, 4.69) is 19.2 Å². The van der Waals surface area contributed by atoms with Crippen LogP contribution in [0.15, 0.2) is 31.4 Å². The molecule has 1 aromatic carbocycles. The third kappa shape index (κ3) is 3.07. The fraction of sp³-hybridized carbons (Fsp3) is 0.286. The second kappa shape index (κ2) is 5.52. The van der Waals surface area contributed by atoms with Gasteiger partial charge in [-0.1, -0.05) is 50.4 Å². The van der Waals surface area contributed by atoms with Crippen molar-refractivity contribution in [2.45, 2.75) is 25.9 Å². The number of hydrogen-bond donors (Lipinski definition) is 1. The fourth-order valence-corrected chi connectivity index (χ4v) is 1.53. The Morgan fingerprint density at radius 3 is 2.47 bits per heavy atom. The molecule has 0 heterocycles. The van der Waals surface area contributed by atoms with Crippen molar-refractivity contribution in [3.63, 3.8) is 0 Å². The summed E-state index contributed by atoms with van der Waals surface area (Å²) in [6.45, 7) is 9.50. The van der Waals surface area contributed by atoms with E-state index < -0.39 is 0 Å². The molecule has 80 valence electrons. The van der Waals surface area contributed by atoms with Crippen LogP contribution in [0.25, 0.3) is 12.2 Å². The molecule has 1 heteroatoms. The van der Waals surface area contributed by atoms with Gasteiger partial charge in [0.15, 0.2) is 0 Å². The Bertz CT molecular complexity index is 352. The summed E-state index contributed by atoms with van der Waals surface area (Å²) in [7, 11) is 0. The SMILES string of the molecule is C=Cc1ccc(CC(O)CC)cc1C=C. The van der Waals surface area contributed by atoms with Crippen molar-refractivity contribution in [2.75, 3.05) is 0 Å². The molecule has 15 heavy (non-hydrogen) atoms. The Labute approximate surface area is 91.8 Å². The highest BCUT2D eigenvalue weighted by Gasteiger charge is 2.04. The van der Waals surface area contributed by atoms with Gasteiger partial charge < -0.3 is 5.11 Å². The zero-order valence-electron chi connectivity index (χ0n) is 9.24. The Hall–Kier alpha value is -1.34. The lowest BCUT2D eigenvalue weighted by Crippen LogP contribution is -2.08. The molecular formula is C14H18O. The van der Waals surface area contributed by atoms with E-state index in [0.29, 0.717) is 6.42 Å². The van der Waals surface area contributed by atoms with Crippen LogP contribution in [0.3, 0.4) is 0 Å². The van der Waals surface area contributed by atoms with Crippen LogP contribution < -0.4 is 0 Å². The molecule has 0 bridgehead atoms. The van der Waals surface area contributed by atoms with Crippen LogP contribution in [0, 0.1) is 0 Å². The zero-order chi connectivity index (χ0) is 11.3. The van der Waals surface area contributed by atoms with Gasteiger partial charge in [-0.2, -0.15) is 0 Å². The van der Waals surface area contributed by atoms with Gasteiger partial charge in [-0.05, 0) is 29.5 Å². The molecule has 1 nitrogen and oxygen atoms in total. The lowest BCUT2D eigenvalue weighted by molar-refractivity contribution is 0.171. The normalized spacial score (nSPS) is 12.1. The Morgan fingerprint density at radius 2 is 1.93 bits per heavy atom. The van der Waals surface area contributed by atoms with E-state index in [9.17, 15) is 5.11 Å². The van der Waals surface area contributed by atoms with Gasteiger partial charge in [-0.3, -0.25) is 0 Å². The maximum absolute atomic E-state index is 9.56. The molecule has 0 amide bonds. The molecule has 0 aliphatic carbocycles. The fourth-order valence-electron chi connectivity index (χ4n) is 1.53. The van der Waals surface area contributed by atoms with Crippen LogP contribution in [0.1, 0.15) is 30.0 Å². The highest BCUT2D eigenvalue weighted by Crippen LogP contribution is 2.16. The summed E-state index contributed by atoms with van der Waals surface area (Å²) >= 11 is 0. The molecule has 0 saturated heterocycles. The minimum absolute atomic E-state index is 0.253. The van der Waals surface area contributed by atoms with Crippen LogP contribution in [-0.4, -0.2) is 11.2 Å². The highest BCUT2D eigenvalue weighted by molar-refractivity contribution is 5.64. The predicted molar refractivity (Wildman–Crippen MR) is 66.6 cm³/mol. The summed E-state index contributed by atoms with van der Waals surface area (Å²) in [5, 5.41) is 9.56. The second-order valence-electron chi connectivity index (χ2n) is 3.64. The van der Waals surface area contributed by atoms with Gasteiger partial charge in [-0.25, -0.2) is 0 Å². The van der Waals surface area contributed by atoms with Gasteiger partial charge in [0.2, 0.25) is 0 Å². The van der Waals surface area contributed by atoms with Crippen molar-refractivity contribution in [3.8, 4) is 0 Å². The molecule has 0 fully saturated rings. The Kier molecular flexibility index (Phi) is 4.32. The van der Waals surface area contributed by atoms with Crippen LogP contribution in [-0.2, 0) is 6.42 Å². The van der Waals surface area contributed by atoms with Crippen LogP contribution in [0.4, 0.5) is 0 Å². The standard InChI is InChI=1S/C14H18O/c1-4-12-8-7-11(9-13(12)5-2)10-14(15)6-3/h4-5,7-9,14-15H,1-2,6,10H2,3H3. The molecule has 0 saturated carbocycles. The van der Waals surface area contributed by atoms with Crippen molar-refractivity contribution < 1.29 is 5.11 Å². The molecule has 1 rings (SSSR count). The van der Waals surface area contributed by atoms with Crippen LogP contribution >= 0.6 is 0 Å². The third-order valence-electron chi connectivity index (χ3n) is 2.53. The van der Waals surface area contributed by atoms with Crippen molar-refractivity contribution in [1.82, 2.24) is 0 Å². The first-order valence-corrected chi connectivity index (χ1v) is 5.27. The van der Waals surface area contributed by atoms with E-state index >= 15 is 0 Å². The molecule has 1 N–H and O–H groups in total. The summed E-state index contributed by atoms with van der Waals surface area (Å²) in [6, 6.07) is 6.10. The maximum Gasteiger partial charge on any atom is 0.0577 e. The summed E-state index contributed by atoms with van der Waals surface area (Å²) in [5.41, 5.74) is 3.30. The zero-order valence-corrected chi connectivity index (χ0v) is 9.24. The number of hydrogen-bond acceptors (Lipinski definition) is 1.